The number of fused-ring (bicyclic) bond motifs is 5. The first-order chi connectivity index (χ1) is 24.6. The van der Waals surface area contributed by atoms with Crippen LogP contribution in [0.4, 0.5) is 0 Å². The highest BCUT2D eigenvalue weighted by atomic mass is 16.7. The summed E-state index contributed by atoms with van der Waals surface area (Å²) < 4.78 is 25.3. The second-order valence-electron chi connectivity index (χ2n) is 19.2. The monoisotopic (exact) mass is 749 g/mol. The quantitative estimate of drug-likeness (QED) is 0.188. The van der Waals surface area contributed by atoms with Crippen LogP contribution in [-0.2, 0) is 33.3 Å². The predicted molar refractivity (Wildman–Crippen MR) is 188 cm³/mol. The highest BCUT2D eigenvalue weighted by Gasteiger charge is 2.89. The van der Waals surface area contributed by atoms with Gasteiger partial charge in [0.2, 0.25) is 5.79 Å². The Morgan fingerprint density at radius 3 is 2.28 bits per heavy atom. The molecule has 18 atom stereocenters. The molecule has 4 aliphatic carbocycles. The number of esters is 3. The first-order valence-electron chi connectivity index (χ1n) is 20.1. The molecule has 4 saturated carbocycles. The van der Waals surface area contributed by atoms with E-state index in [9.17, 15) is 39.9 Å². The Bertz CT molecular complexity index is 1500. The highest BCUT2D eigenvalue weighted by Crippen LogP contribution is 2.77. The van der Waals surface area contributed by atoms with Crippen molar-refractivity contribution >= 4 is 17.9 Å². The lowest BCUT2D eigenvalue weighted by Crippen LogP contribution is -2.77. The minimum absolute atomic E-state index is 0.0365. The number of hydrogen-bond donors (Lipinski definition) is 5. The third-order valence-electron chi connectivity index (χ3n) is 16.1. The zero-order valence-corrected chi connectivity index (χ0v) is 32.9. The Kier molecular flexibility index (Phi) is 9.33. The maximum absolute atomic E-state index is 13.7. The number of piperidine rings is 2. The number of ether oxygens (including phenoxy) is 4. The normalized spacial score (nSPS) is 52.0. The fourth-order valence-electron chi connectivity index (χ4n) is 12.9. The van der Waals surface area contributed by atoms with E-state index >= 15 is 0 Å². The summed E-state index contributed by atoms with van der Waals surface area (Å²) in [6, 6.07) is -0.264. The van der Waals surface area contributed by atoms with E-state index in [1.165, 1.54) is 6.92 Å². The molecule has 3 saturated heterocycles. The van der Waals surface area contributed by atoms with Crippen molar-refractivity contribution < 1.29 is 58.9 Å². The van der Waals surface area contributed by atoms with Gasteiger partial charge >= 0.3 is 17.9 Å². The van der Waals surface area contributed by atoms with Gasteiger partial charge in [-0.3, -0.25) is 19.3 Å². The number of aliphatic hydroxyl groups excluding tert-OH is 2. The molecule has 13 heteroatoms. The van der Waals surface area contributed by atoms with Gasteiger partial charge in [-0.15, -0.1) is 0 Å². The van der Waals surface area contributed by atoms with Crippen LogP contribution in [0.1, 0.15) is 107 Å². The SMILES string of the molecule is CC[C@@H](C)C(=O)O[C@H]1[C@H](O)[C@H]2[C@@H](CN3C[C@@H](C)CC[C@H]3[C@@]2(C)O)[C@@H]2C[C@]34O[C@]5(O)[C@@H](OC(=O)C(C)(C)CC)C[C@H](OC(C)=O)[C@@]3(C)[C@@H]5C[C@@H](O)[C@H]4[C@@]21O. The first-order valence-corrected chi connectivity index (χ1v) is 20.1. The molecule has 5 N–H and O–H groups in total. The molecular formula is C40H63NO12. The second kappa shape index (κ2) is 12.6. The summed E-state index contributed by atoms with van der Waals surface area (Å²) in [6.45, 7) is 17.1. The lowest BCUT2D eigenvalue weighted by molar-refractivity contribution is -0.300. The molecule has 13 nitrogen and oxygen atoms in total. The van der Waals surface area contributed by atoms with E-state index in [-0.39, 0.29) is 25.3 Å². The summed E-state index contributed by atoms with van der Waals surface area (Å²) in [7, 11) is 0. The van der Waals surface area contributed by atoms with Crippen LogP contribution in [0.15, 0.2) is 0 Å². The van der Waals surface area contributed by atoms with Crippen molar-refractivity contribution in [1.82, 2.24) is 4.90 Å². The van der Waals surface area contributed by atoms with Crippen molar-refractivity contribution in [2.45, 2.75) is 166 Å². The van der Waals surface area contributed by atoms with Crippen LogP contribution in [0.25, 0.3) is 0 Å². The summed E-state index contributed by atoms with van der Waals surface area (Å²) in [5, 5.41) is 63.7. The molecule has 7 fully saturated rings. The maximum Gasteiger partial charge on any atom is 0.311 e. The van der Waals surface area contributed by atoms with Crippen molar-refractivity contribution in [2.24, 2.45) is 52.3 Å². The summed E-state index contributed by atoms with van der Waals surface area (Å²) in [4.78, 5) is 42.3. The zero-order chi connectivity index (χ0) is 39.0. The summed E-state index contributed by atoms with van der Waals surface area (Å²) >= 11 is 0. The molecule has 53 heavy (non-hydrogen) atoms. The highest BCUT2D eigenvalue weighted by molar-refractivity contribution is 5.76. The van der Waals surface area contributed by atoms with Crippen LogP contribution in [0.3, 0.4) is 0 Å². The van der Waals surface area contributed by atoms with Crippen molar-refractivity contribution in [3.05, 3.63) is 0 Å². The van der Waals surface area contributed by atoms with E-state index in [2.05, 4.69) is 11.8 Å². The number of rotatable bonds is 7. The molecule has 0 aromatic heterocycles. The minimum atomic E-state index is -2.13. The van der Waals surface area contributed by atoms with Crippen LogP contribution < -0.4 is 0 Å². The average Bonchev–Trinajstić information content (AvgIpc) is 3.37. The third-order valence-corrected chi connectivity index (χ3v) is 16.1. The smallest absolute Gasteiger partial charge is 0.311 e. The van der Waals surface area contributed by atoms with Gasteiger partial charge in [0, 0.05) is 55.6 Å². The standard InChI is InChI=1S/C40H63NO12/c1-10-20(4)33(45)52-32-30(44)29-22(18-41-17-19(3)12-13-26(41)37(29,9)47)23-16-38-31(39(23,32)48)24(43)14-25-36(38,8)27(50-21(5)42)15-28(40(25,49)53-38)51-34(46)35(6,7)11-2/h19-20,22-32,43-44,47-49H,10-18H2,1-9H3/t19-,20+,22-,23-,24+,25-,26-,27-,28-,29+,30+,31+,32-,36+,37+,38+,39-,40-/m0/s1. The van der Waals surface area contributed by atoms with Crippen molar-refractivity contribution in [2.75, 3.05) is 13.1 Å². The van der Waals surface area contributed by atoms with Crippen LogP contribution >= 0.6 is 0 Å². The fraction of sp³-hybridized carbons (Fsp3) is 0.925. The Balaban J connectivity index is 1.40. The molecule has 3 heterocycles. The Hall–Kier alpha value is -1.87. The molecule has 300 valence electrons. The van der Waals surface area contributed by atoms with Crippen molar-refractivity contribution in [3.8, 4) is 0 Å². The molecule has 7 rings (SSSR count). The molecule has 0 unspecified atom stereocenters. The van der Waals surface area contributed by atoms with Gasteiger partial charge in [-0.1, -0.05) is 34.6 Å². The van der Waals surface area contributed by atoms with E-state index in [0.717, 1.165) is 19.4 Å². The molecule has 3 aliphatic heterocycles. The average molecular weight is 750 g/mol. The van der Waals surface area contributed by atoms with Gasteiger partial charge < -0.3 is 44.5 Å². The Morgan fingerprint density at radius 2 is 1.66 bits per heavy atom. The zero-order valence-electron chi connectivity index (χ0n) is 32.9. The van der Waals surface area contributed by atoms with Crippen molar-refractivity contribution in [3.63, 3.8) is 0 Å². The van der Waals surface area contributed by atoms with Gasteiger partial charge in [0.25, 0.3) is 0 Å². The first kappa shape index (κ1) is 39.4. The molecule has 7 aliphatic rings. The maximum atomic E-state index is 13.7. The number of carbonyl (C=O) groups excluding carboxylic acids is 3. The van der Waals surface area contributed by atoms with E-state index in [4.69, 9.17) is 18.9 Å². The van der Waals surface area contributed by atoms with Crippen LogP contribution in [0.5, 0.6) is 0 Å². The summed E-state index contributed by atoms with van der Waals surface area (Å²) in [6.07, 6.45) is -4.22. The van der Waals surface area contributed by atoms with Gasteiger partial charge in [-0.2, -0.15) is 0 Å². The van der Waals surface area contributed by atoms with Gasteiger partial charge in [-0.05, 0) is 77.0 Å². The number of aliphatic hydroxyl groups is 5. The third kappa shape index (κ3) is 5.15. The van der Waals surface area contributed by atoms with Gasteiger partial charge in [-0.25, -0.2) is 0 Å². The van der Waals surface area contributed by atoms with Crippen molar-refractivity contribution in [1.29, 1.82) is 0 Å². The van der Waals surface area contributed by atoms with E-state index in [1.54, 1.807) is 27.7 Å². The predicted octanol–water partition coefficient (Wildman–Crippen LogP) is 2.31. The van der Waals surface area contributed by atoms with Crippen LogP contribution in [0, 0.1) is 52.3 Å². The largest absolute Gasteiger partial charge is 0.462 e. The number of nitrogens with zero attached hydrogens (tertiary/aromatic N) is 1. The molecule has 4 bridgehead atoms. The second-order valence-corrected chi connectivity index (χ2v) is 19.2. The van der Waals surface area contributed by atoms with E-state index in [1.807, 2.05) is 20.8 Å². The summed E-state index contributed by atoms with van der Waals surface area (Å²) in [5.74, 6) is -8.35. The molecule has 0 amide bonds. The van der Waals surface area contributed by atoms with Gasteiger partial charge in [0.05, 0.1) is 34.7 Å². The molecule has 1 spiro atoms. The van der Waals surface area contributed by atoms with Crippen LogP contribution in [0.2, 0.25) is 0 Å². The summed E-state index contributed by atoms with van der Waals surface area (Å²) in [5.41, 5.74) is -7.24. The van der Waals surface area contributed by atoms with Gasteiger partial charge in [0.15, 0.2) is 12.2 Å². The van der Waals surface area contributed by atoms with E-state index in [0.29, 0.717) is 25.3 Å². The lowest BCUT2D eigenvalue weighted by atomic mass is 9.48. The minimum Gasteiger partial charge on any atom is -0.462 e. The van der Waals surface area contributed by atoms with E-state index < -0.39 is 117 Å². The topological polar surface area (TPSA) is 193 Å². The molecular weight excluding hydrogens is 686 g/mol. The fourth-order valence-corrected chi connectivity index (χ4v) is 12.9. The molecule has 0 radical (unpaired) electrons. The lowest BCUT2D eigenvalue weighted by Gasteiger charge is -2.64. The molecule has 0 aromatic carbocycles. The number of carbonyl (C=O) groups is 3. The van der Waals surface area contributed by atoms with Gasteiger partial charge in [0.1, 0.15) is 11.7 Å². The number of hydrogen-bond acceptors (Lipinski definition) is 13. The Morgan fingerprint density at radius 1 is 0.981 bits per heavy atom. The Labute approximate surface area is 313 Å². The molecule has 0 aromatic rings. The van der Waals surface area contributed by atoms with Crippen LogP contribution in [-0.4, -0.2) is 121 Å².